The first kappa shape index (κ1) is 82.7. The van der Waals surface area contributed by atoms with Gasteiger partial charge in [-0.2, -0.15) is 9.97 Å². The van der Waals surface area contributed by atoms with Crippen molar-refractivity contribution in [3.05, 3.63) is 495 Å². The second-order valence-electron chi connectivity index (χ2n) is 36.2. The molecule has 0 spiro atoms. The van der Waals surface area contributed by atoms with Gasteiger partial charge in [0.1, 0.15) is 0 Å². The zero-order valence-corrected chi connectivity index (χ0v) is 77.5. The largest absolute Gasteiger partial charge is 0.309 e. The molecule has 29 rings (SSSR count). The predicted octanol–water partition coefficient (Wildman–Crippen LogP) is 32.2. The maximum Gasteiger partial charge on any atom is 0.238 e. The molecule has 2 aliphatic carbocycles. The first-order chi connectivity index (χ1) is 70.4. The van der Waals surface area contributed by atoms with Crippen LogP contribution in [0, 0.1) is 0 Å². The number of aromatic nitrogens is 12. The van der Waals surface area contributed by atoms with Gasteiger partial charge in [-0.05, 0) is 182 Å². The topological polar surface area (TPSA) is 131 Å². The minimum atomic E-state index is 0.614. The lowest BCUT2D eigenvalue weighted by molar-refractivity contribution is 0.953. The quantitative estimate of drug-likeness (QED) is 0.111. The molecule has 20 aromatic carbocycles. The third-order valence-electron chi connectivity index (χ3n) is 27.8. The van der Waals surface area contributed by atoms with E-state index in [-0.39, 0.29) is 0 Å². The number of para-hydroxylation sites is 3. The summed E-state index contributed by atoms with van der Waals surface area (Å²) >= 11 is 1.86. The van der Waals surface area contributed by atoms with E-state index in [0.29, 0.717) is 52.5 Å². The smallest absolute Gasteiger partial charge is 0.238 e. The summed E-state index contributed by atoms with van der Waals surface area (Å²) in [6.45, 7) is 0. The summed E-state index contributed by atoms with van der Waals surface area (Å²) in [5.74, 6) is 5.82. The van der Waals surface area contributed by atoms with Gasteiger partial charge in [0.2, 0.25) is 5.95 Å². The van der Waals surface area contributed by atoms with Gasteiger partial charge >= 0.3 is 0 Å². The van der Waals surface area contributed by atoms with E-state index >= 15 is 0 Å². The molecule has 0 radical (unpaired) electrons. The van der Waals surface area contributed by atoms with Crippen LogP contribution in [0.2, 0.25) is 0 Å². The van der Waals surface area contributed by atoms with Crippen molar-refractivity contribution in [1.29, 1.82) is 0 Å². The first-order valence-electron chi connectivity index (χ1n) is 48.0. The summed E-state index contributed by atoms with van der Waals surface area (Å²) < 4.78 is 9.64. The molecule has 0 N–H and O–H groups in total. The lowest BCUT2D eigenvalue weighted by Crippen LogP contribution is -2.06. The summed E-state index contributed by atoms with van der Waals surface area (Å²) in [6.07, 6.45) is 1.89. The van der Waals surface area contributed by atoms with Gasteiger partial charge in [0.25, 0.3) is 0 Å². The summed E-state index contributed by atoms with van der Waals surface area (Å²) in [7, 11) is 0. The summed E-state index contributed by atoms with van der Waals surface area (Å²) in [4.78, 5) is 45.3. The molecule has 142 heavy (non-hydrogen) atoms. The van der Waals surface area contributed by atoms with Gasteiger partial charge in [0.15, 0.2) is 46.6 Å². The van der Waals surface area contributed by atoms with Crippen LogP contribution in [0.3, 0.4) is 0 Å². The molecule has 0 aliphatic heterocycles. The van der Waals surface area contributed by atoms with Crippen LogP contribution >= 0.6 is 11.3 Å². The van der Waals surface area contributed by atoms with Crippen LogP contribution in [0.1, 0.15) is 22.3 Å². The van der Waals surface area contributed by atoms with Gasteiger partial charge < -0.3 is 9.13 Å². The molecule has 0 unspecified atom stereocenters. The minimum absolute atomic E-state index is 0.614. The van der Waals surface area contributed by atoms with Crippen LogP contribution < -0.4 is 0 Å². The molecule has 13 heteroatoms. The molecule has 7 aromatic heterocycles. The Morgan fingerprint density at radius 3 is 0.937 bits per heavy atom. The lowest BCUT2D eigenvalue weighted by atomic mass is 10.0. The van der Waals surface area contributed by atoms with E-state index in [9.17, 15) is 0 Å². The van der Waals surface area contributed by atoms with Crippen molar-refractivity contribution in [3.8, 4) is 153 Å². The van der Waals surface area contributed by atoms with E-state index in [1.807, 2.05) is 133 Å². The highest BCUT2D eigenvalue weighted by molar-refractivity contribution is 7.25. The zero-order chi connectivity index (χ0) is 93.7. The fourth-order valence-corrected chi connectivity index (χ4v) is 22.2. The van der Waals surface area contributed by atoms with E-state index in [0.717, 1.165) is 102 Å². The number of hydrogen-bond donors (Lipinski definition) is 0. The molecule has 0 bridgehead atoms. The highest BCUT2D eigenvalue weighted by atomic mass is 32.1. The molecule has 0 amide bonds. The molecule has 2 aliphatic rings. The molecule has 27 aromatic rings. The van der Waals surface area contributed by atoms with Crippen LogP contribution in [0.5, 0.6) is 0 Å². The van der Waals surface area contributed by atoms with Crippen LogP contribution in [-0.4, -0.2) is 58.6 Å². The Morgan fingerprint density at radius 1 is 0.162 bits per heavy atom. The average molecular weight is 1830 g/mol. The Morgan fingerprint density at radius 2 is 0.479 bits per heavy atom. The molecule has 7 heterocycles. The Hall–Kier alpha value is -18.7. The average Bonchev–Trinajstić information content (AvgIpc) is 1.60. The predicted molar refractivity (Wildman–Crippen MR) is 584 cm³/mol. The molecule has 664 valence electrons. The monoisotopic (exact) mass is 1830 g/mol. The van der Waals surface area contributed by atoms with E-state index in [1.54, 1.807) is 0 Å². The number of benzene rings is 20. The fraction of sp³-hybridized carbons (Fsp3) is 0.0155. The highest BCUT2D eigenvalue weighted by Crippen LogP contribution is 2.48. The van der Waals surface area contributed by atoms with Crippen LogP contribution in [-0.2, 0) is 12.8 Å². The van der Waals surface area contributed by atoms with Crippen LogP contribution in [0.4, 0.5) is 0 Å². The van der Waals surface area contributed by atoms with Crippen LogP contribution in [0.15, 0.2) is 473 Å². The third-order valence-corrected chi connectivity index (χ3v) is 29.0. The second-order valence-corrected chi connectivity index (χ2v) is 37.3. The Bertz CT molecular complexity index is 9570. The number of rotatable bonds is 13. The molecular weight excluding hydrogens is 1750 g/mol. The maximum absolute atomic E-state index is 5.15. The van der Waals surface area contributed by atoms with E-state index in [2.05, 4.69) is 366 Å². The number of thiophene rings is 1. The maximum atomic E-state index is 5.15. The van der Waals surface area contributed by atoms with Gasteiger partial charge in [-0.25, -0.2) is 34.9 Å². The van der Waals surface area contributed by atoms with Crippen molar-refractivity contribution in [3.63, 3.8) is 0 Å². The van der Waals surface area contributed by atoms with E-state index < -0.39 is 0 Å². The standard InChI is InChI=1S/C46H30N4.C43H26N4S.C40H26N4/c1-3-11-30(12-4-1)31-19-21-33(22-20-31)45-47-44(32-13-5-2-6-14-32)48-46(49-45)34-23-25-37(26-24-34)50-42-18-10-9-17-39(42)41-29-40-36(28-43(41)50)27-35-15-7-8-16-38(35)40;1-3-13-27(14-4-1)41-44-42(28-15-5-2-6-16-28)46-43(45-41)33-23-24-37(30-18-8-7-17-29(30)33)47-36-21-11-9-19-31(36)34-25-35-32-20-10-12-22-39(32)48-40(35)26-38(34)47;1-3-11-26(12-4-1)27-19-21-29(22-20-27)39-41-38(28-13-5-2-6-14-28)42-40(43-39)44-36-18-10-9-17-33(36)35-25-34-31(24-37(35)44)23-30-15-7-8-16-32(30)34/h1-26,28-29H,27H2;1-26H;1-22,24-25H,23H2. The van der Waals surface area contributed by atoms with Crippen molar-refractivity contribution >= 4 is 108 Å². The van der Waals surface area contributed by atoms with Gasteiger partial charge in [-0.15, -0.1) is 11.3 Å². The molecule has 0 saturated heterocycles. The molecule has 0 saturated carbocycles. The van der Waals surface area contributed by atoms with Crippen molar-refractivity contribution in [2.45, 2.75) is 12.8 Å². The molecule has 0 fully saturated rings. The second kappa shape index (κ2) is 34.8. The SMILES string of the molecule is c1ccc(-c2ccc(-c3nc(-c4ccccc4)nc(-c4ccc(-n5c6ccccc6c6cc7c(cc65)Cc5ccccc5-7)cc4)n3)cc2)cc1.c1ccc(-c2ccc(-c3nc(-c4ccccc4)nc(-n4c5ccccc5c5cc6c(cc54)Cc4ccccc4-6)n3)cc2)cc1.c1ccc(-c2nc(-c3ccccc3)nc(-c3ccc(-n4c5ccccc5c5cc6c(cc54)sc4ccccc46)c4ccccc34)n2)cc1. The van der Waals surface area contributed by atoms with Gasteiger partial charge in [-0.3, -0.25) is 4.57 Å². The number of hydrogen-bond acceptors (Lipinski definition) is 10. The molecule has 0 atom stereocenters. The van der Waals surface area contributed by atoms with Crippen molar-refractivity contribution < 1.29 is 0 Å². The van der Waals surface area contributed by atoms with Crippen molar-refractivity contribution in [2.24, 2.45) is 0 Å². The van der Waals surface area contributed by atoms with Gasteiger partial charge in [-0.1, -0.05) is 376 Å². The van der Waals surface area contributed by atoms with Crippen molar-refractivity contribution in [1.82, 2.24) is 58.6 Å². The molecule has 12 nitrogen and oxygen atoms in total. The summed E-state index contributed by atoms with van der Waals surface area (Å²) in [6, 6.07) is 166. The Balaban J connectivity index is 0.000000107. The first-order valence-corrected chi connectivity index (χ1v) is 48.8. The number of nitrogens with zero attached hydrogens (tertiary/aromatic N) is 12. The third kappa shape index (κ3) is 14.7. The van der Waals surface area contributed by atoms with E-state index in [1.165, 1.54) is 130 Å². The zero-order valence-electron chi connectivity index (χ0n) is 76.7. The fourth-order valence-electron chi connectivity index (χ4n) is 21.0. The summed E-state index contributed by atoms with van der Waals surface area (Å²) in [5.41, 5.74) is 32.3. The minimum Gasteiger partial charge on any atom is -0.309 e. The normalized spacial score (nSPS) is 11.9. The Labute approximate surface area is 821 Å². The van der Waals surface area contributed by atoms with Gasteiger partial charge in [0.05, 0.1) is 38.8 Å². The van der Waals surface area contributed by atoms with Crippen molar-refractivity contribution in [2.75, 3.05) is 0 Å². The van der Waals surface area contributed by atoms with E-state index in [4.69, 9.17) is 44.9 Å². The highest BCUT2D eigenvalue weighted by Gasteiger charge is 2.28. The molecular formula is C129H82N12S. The lowest BCUT2D eigenvalue weighted by Gasteiger charge is -2.15. The number of fused-ring (bicyclic) bond motifs is 19. The van der Waals surface area contributed by atoms with Crippen LogP contribution in [0.25, 0.3) is 249 Å². The van der Waals surface area contributed by atoms with Gasteiger partial charge in [0, 0.05) is 108 Å². The summed E-state index contributed by atoms with van der Waals surface area (Å²) in [5, 5.41) is 12.3. The Kier molecular flexibility index (Phi) is 20.3.